The second kappa shape index (κ2) is 8.08. The lowest BCUT2D eigenvalue weighted by Crippen LogP contribution is -2.18. The summed E-state index contributed by atoms with van der Waals surface area (Å²) in [6.07, 6.45) is 8.04. The summed E-state index contributed by atoms with van der Waals surface area (Å²) in [5.41, 5.74) is 0. The third-order valence-electron chi connectivity index (χ3n) is 3.78. The molecule has 1 saturated heterocycles. The number of hydrogen-bond acceptors (Lipinski definition) is 2. The molecule has 1 fully saturated rings. The Balaban J connectivity index is 2.16. The van der Waals surface area contributed by atoms with Crippen LogP contribution in [0.25, 0.3) is 0 Å². The number of rotatable bonds is 8. The Labute approximate surface area is 100 Å². The number of ether oxygens (including phenoxy) is 1. The number of hydrogen-bond donors (Lipinski definition) is 1. The zero-order chi connectivity index (χ0) is 11.8. The molecule has 16 heavy (non-hydrogen) atoms. The van der Waals surface area contributed by atoms with Gasteiger partial charge in [0.25, 0.3) is 0 Å². The lowest BCUT2D eigenvalue weighted by Gasteiger charge is -2.20. The zero-order valence-corrected chi connectivity index (χ0v) is 11.0. The van der Waals surface area contributed by atoms with Crippen LogP contribution >= 0.6 is 0 Å². The predicted molar refractivity (Wildman–Crippen MR) is 67.5 cm³/mol. The van der Waals surface area contributed by atoms with E-state index in [0.717, 1.165) is 38.4 Å². The summed E-state index contributed by atoms with van der Waals surface area (Å²) in [5, 5.41) is 10.1. The van der Waals surface area contributed by atoms with Crippen LogP contribution in [0, 0.1) is 11.8 Å². The highest BCUT2D eigenvalue weighted by atomic mass is 16.5. The van der Waals surface area contributed by atoms with Crippen molar-refractivity contribution < 1.29 is 9.84 Å². The van der Waals surface area contributed by atoms with Gasteiger partial charge in [-0.15, -0.1) is 0 Å². The summed E-state index contributed by atoms with van der Waals surface area (Å²) in [6.45, 7) is 6.23. The van der Waals surface area contributed by atoms with Crippen molar-refractivity contribution in [3.8, 4) is 0 Å². The van der Waals surface area contributed by atoms with Gasteiger partial charge in [0.05, 0.1) is 6.10 Å². The summed E-state index contributed by atoms with van der Waals surface area (Å²) in [5.74, 6) is 1.33. The molecular formula is C14H28O2. The monoisotopic (exact) mass is 228 g/mol. The first-order valence-electron chi connectivity index (χ1n) is 7.02. The highest BCUT2D eigenvalue weighted by Gasteiger charge is 2.21. The summed E-state index contributed by atoms with van der Waals surface area (Å²) in [6, 6.07) is 0. The molecule has 0 aromatic heterocycles. The van der Waals surface area contributed by atoms with E-state index >= 15 is 0 Å². The largest absolute Gasteiger partial charge is 0.393 e. The molecule has 2 nitrogen and oxygen atoms in total. The Bertz CT molecular complexity index is 164. The van der Waals surface area contributed by atoms with Crippen molar-refractivity contribution in [1.82, 2.24) is 0 Å². The Hall–Kier alpha value is -0.0800. The minimum Gasteiger partial charge on any atom is -0.393 e. The van der Waals surface area contributed by atoms with Gasteiger partial charge < -0.3 is 9.84 Å². The van der Waals surface area contributed by atoms with Crippen LogP contribution in [-0.4, -0.2) is 24.4 Å². The SMILES string of the molecule is CCCCC(CC)CC(O)CC1CCOC1. The molecule has 0 spiro atoms. The van der Waals surface area contributed by atoms with Crippen LogP contribution in [0.15, 0.2) is 0 Å². The minimum absolute atomic E-state index is 0.103. The average molecular weight is 228 g/mol. The van der Waals surface area contributed by atoms with Crippen LogP contribution in [0.4, 0.5) is 0 Å². The molecule has 0 aromatic rings. The lowest BCUT2D eigenvalue weighted by atomic mass is 9.89. The summed E-state index contributed by atoms with van der Waals surface area (Å²) in [4.78, 5) is 0. The number of unbranched alkanes of at least 4 members (excludes halogenated alkanes) is 1. The summed E-state index contributed by atoms with van der Waals surface area (Å²) >= 11 is 0. The molecular weight excluding hydrogens is 200 g/mol. The van der Waals surface area contributed by atoms with Gasteiger partial charge in [0.15, 0.2) is 0 Å². The van der Waals surface area contributed by atoms with Crippen molar-refractivity contribution in [2.24, 2.45) is 11.8 Å². The molecule has 1 rings (SSSR count). The van der Waals surface area contributed by atoms with Gasteiger partial charge in [0.1, 0.15) is 0 Å². The maximum atomic E-state index is 10.1. The lowest BCUT2D eigenvalue weighted by molar-refractivity contribution is 0.103. The first kappa shape index (κ1) is 14.0. The van der Waals surface area contributed by atoms with Gasteiger partial charge in [0.2, 0.25) is 0 Å². The van der Waals surface area contributed by atoms with Crippen LogP contribution in [0.2, 0.25) is 0 Å². The molecule has 1 N–H and O–H groups in total. The molecule has 0 radical (unpaired) electrons. The van der Waals surface area contributed by atoms with Gasteiger partial charge in [-0.2, -0.15) is 0 Å². The summed E-state index contributed by atoms with van der Waals surface area (Å²) in [7, 11) is 0. The molecule has 0 aromatic carbocycles. The fraction of sp³-hybridized carbons (Fsp3) is 1.00. The van der Waals surface area contributed by atoms with E-state index in [0.29, 0.717) is 5.92 Å². The van der Waals surface area contributed by atoms with Crippen molar-refractivity contribution in [1.29, 1.82) is 0 Å². The van der Waals surface area contributed by atoms with Gasteiger partial charge in [-0.05, 0) is 31.1 Å². The molecule has 0 amide bonds. The van der Waals surface area contributed by atoms with Crippen LogP contribution in [0.3, 0.4) is 0 Å². The van der Waals surface area contributed by atoms with E-state index in [2.05, 4.69) is 13.8 Å². The normalized spacial score (nSPS) is 24.6. The van der Waals surface area contributed by atoms with Gasteiger partial charge in [-0.25, -0.2) is 0 Å². The molecule has 2 heteroatoms. The fourth-order valence-electron chi connectivity index (χ4n) is 2.62. The van der Waals surface area contributed by atoms with Gasteiger partial charge >= 0.3 is 0 Å². The van der Waals surface area contributed by atoms with E-state index in [1.54, 1.807) is 0 Å². The van der Waals surface area contributed by atoms with Crippen LogP contribution < -0.4 is 0 Å². The maximum Gasteiger partial charge on any atom is 0.0546 e. The van der Waals surface area contributed by atoms with Crippen molar-refractivity contribution in [3.05, 3.63) is 0 Å². The van der Waals surface area contributed by atoms with Crippen LogP contribution in [-0.2, 0) is 4.74 Å². The zero-order valence-electron chi connectivity index (χ0n) is 11.0. The van der Waals surface area contributed by atoms with E-state index < -0.39 is 0 Å². The Morgan fingerprint density at radius 1 is 1.38 bits per heavy atom. The predicted octanol–water partition coefficient (Wildman–Crippen LogP) is 3.38. The van der Waals surface area contributed by atoms with Gasteiger partial charge in [0, 0.05) is 13.2 Å². The van der Waals surface area contributed by atoms with Gasteiger partial charge in [-0.3, -0.25) is 0 Å². The van der Waals surface area contributed by atoms with Crippen molar-refractivity contribution in [2.45, 2.75) is 64.9 Å². The van der Waals surface area contributed by atoms with E-state index in [1.807, 2.05) is 0 Å². The van der Waals surface area contributed by atoms with Crippen molar-refractivity contribution in [3.63, 3.8) is 0 Å². The molecule has 1 heterocycles. The van der Waals surface area contributed by atoms with Crippen LogP contribution in [0.1, 0.15) is 58.8 Å². The standard InChI is InChI=1S/C14H28O2/c1-3-5-6-12(4-2)9-14(15)10-13-7-8-16-11-13/h12-15H,3-11H2,1-2H3. The van der Waals surface area contributed by atoms with E-state index in [9.17, 15) is 5.11 Å². The van der Waals surface area contributed by atoms with E-state index in [-0.39, 0.29) is 6.10 Å². The highest BCUT2D eigenvalue weighted by Crippen LogP contribution is 2.24. The summed E-state index contributed by atoms with van der Waals surface area (Å²) < 4.78 is 5.34. The molecule has 0 aliphatic carbocycles. The molecule has 1 aliphatic rings. The van der Waals surface area contributed by atoms with Crippen LogP contribution in [0.5, 0.6) is 0 Å². The fourth-order valence-corrected chi connectivity index (χ4v) is 2.62. The second-order valence-corrected chi connectivity index (χ2v) is 5.27. The highest BCUT2D eigenvalue weighted by molar-refractivity contribution is 4.71. The molecule has 0 bridgehead atoms. The number of aliphatic hydroxyl groups excluding tert-OH is 1. The topological polar surface area (TPSA) is 29.5 Å². The molecule has 1 aliphatic heterocycles. The minimum atomic E-state index is -0.103. The van der Waals surface area contributed by atoms with E-state index in [4.69, 9.17) is 4.74 Å². The Kier molecular flexibility index (Phi) is 7.06. The van der Waals surface area contributed by atoms with Crippen molar-refractivity contribution in [2.75, 3.05) is 13.2 Å². The van der Waals surface area contributed by atoms with E-state index in [1.165, 1.54) is 25.7 Å². The first-order valence-corrected chi connectivity index (χ1v) is 7.02. The first-order chi connectivity index (χ1) is 7.76. The molecule has 96 valence electrons. The van der Waals surface area contributed by atoms with Gasteiger partial charge in [-0.1, -0.05) is 39.5 Å². The average Bonchev–Trinajstić information content (AvgIpc) is 2.76. The Morgan fingerprint density at radius 2 is 2.19 bits per heavy atom. The molecule has 3 atom stereocenters. The smallest absolute Gasteiger partial charge is 0.0546 e. The van der Waals surface area contributed by atoms with Crippen molar-refractivity contribution >= 4 is 0 Å². The Morgan fingerprint density at radius 3 is 2.75 bits per heavy atom. The third kappa shape index (κ3) is 5.31. The maximum absolute atomic E-state index is 10.1. The third-order valence-corrected chi connectivity index (χ3v) is 3.78. The molecule has 3 unspecified atom stereocenters. The number of aliphatic hydroxyl groups is 1. The second-order valence-electron chi connectivity index (χ2n) is 5.27. The molecule has 0 saturated carbocycles. The quantitative estimate of drug-likeness (QED) is 0.690.